The van der Waals surface area contributed by atoms with Gasteiger partial charge in [0.25, 0.3) is 5.56 Å². The lowest BCUT2D eigenvalue weighted by Crippen LogP contribution is -2.33. The van der Waals surface area contributed by atoms with Crippen LogP contribution in [0.5, 0.6) is 0 Å². The number of halogens is 1. The van der Waals surface area contributed by atoms with Crippen molar-refractivity contribution in [1.29, 1.82) is 0 Å². The smallest absolute Gasteiger partial charge is 0.258 e. The Labute approximate surface area is 115 Å². The molecule has 0 bridgehead atoms. The van der Waals surface area contributed by atoms with Gasteiger partial charge in [-0.2, -0.15) is 0 Å². The molecule has 0 aliphatic carbocycles. The second-order valence-corrected chi connectivity index (χ2v) is 6.83. The van der Waals surface area contributed by atoms with Crippen LogP contribution in [-0.2, 0) is 13.0 Å². The molecule has 2 aromatic rings. The fourth-order valence-electron chi connectivity index (χ4n) is 2.77. The summed E-state index contributed by atoms with van der Waals surface area (Å²) in [6.07, 6.45) is 2.05. The first-order valence-corrected chi connectivity index (χ1v) is 7.08. The Balaban J connectivity index is 2.29. The number of hydrogen-bond acceptors (Lipinski definition) is 1. The molecule has 3 heteroatoms. The minimum atomic E-state index is 0.158. The molecule has 2 nitrogen and oxygen atoms in total. The summed E-state index contributed by atoms with van der Waals surface area (Å²) in [5.74, 6) is 0. The molecule has 1 aliphatic rings. The van der Waals surface area contributed by atoms with Crippen LogP contribution in [-0.4, -0.2) is 4.57 Å². The van der Waals surface area contributed by atoms with Crippen LogP contribution >= 0.6 is 15.9 Å². The van der Waals surface area contributed by atoms with Crippen LogP contribution in [0.25, 0.3) is 10.8 Å². The summed E-state index contributed by atoms with van der Waals surface area (Å²) in [5, 5.41) is 1.86. The minimum Gasteiger partial charge on any atom is -0.312 e. The van der Waals surface area contributed by atoms with Crippen LogP contribution in [0, 0.1) is 5.41 Å². The molecular formula is C15H16BrNO. The van der Waals surface area contributed by atoms with Crippen LogP contribution in [0.15, 0.2) is 33.5 Å². The second kappa shape index (κ2) is 3.95. The van der Waals surface area contributed by atoms with Crippen molar-refractivity contribution in [1.82, 2.24) is 4.57 Å². The number of fused-ring (bicyclic) bond motifs is 2. The topological polar surface area (TPSA) is 22.0 Å². The first kappa shape index (κ1) is 12.0. The van der Waals surface area contributed by atoms with Gasteiger partial charge in [-0.05, 0) is 47.9 Å². The average molecular weight is 306 g/mol. The zero-order valence-corrected chi connectivity index (χ0v) is 12.3. The normalized spacial score (nSPS) is 17.7. The Morgan fingerprint density at radius 2 is 2.06 bits per heavy atom. The fraction of sp³-hybridized carbons (Fsp3) is 0.400. The Bertz CT molecular complexity index is 685. The van der Waals surface area contributed by atoms with E-state index in [4.69, 9.17) is 0 Å². The molecule has 0 fully saturated rings. The summed E-state index contributed by atoms with van der Waals surface area (Å²) in [5.41, 5.74) is 1.62. The molecule has 0 amide bonds. The van der Waals surface area contributed by atoms with E-state index in [2.05, 4.69) is 35.8 Å². The van der Waals surface area contributed by atoms with Crippen LogP contribution < -0.4 is 5.56 Å². The highest BCUT2D eigenvalue weighted by atomic mass is 79.9. The maximum Gasteiger partial charge on any atom is 0.258 e. The first-order chi connectivity index (χ1) is 8.46. The zero-order chi connectivity index (χ0) is 12.9. The highest BCUT2D eigenvalue weighted by Crippen LogP contribution is 2.31. The maximum absolute atomic E-state index is 12.4. The standard InChI is InChI=1S/C15H16BrNO/c1-15(2)5-6-17-12(9-15)8-10-7-11(16)3-4-13(10)14(17)18/h3-4,7-8H,5-6,9H2,1-2H3. The van der Waals surface area contributed by atoms with Gasteiger partial charge in [-0.15, -0.1) is 0 Å². The van der Waals surface area contributed by atoms with Gasteiger partial charge < -0.3 is 4.57 Å². The number of rotatable bonds is 0. The van der Waals surface area contributed by atoms with E-state index in [1.807, 2.05) is 22.8 Å². The average Bonchev–Trinajstić information content (AvgIpc) is 2.27. The van der Waals surface area contributed by atoms with Crippen molar-refractivity contribution in [2.75, 3.05) is 0 Å². The molecule has 0 N–H and O–H groups in total. The number of pyridine rings is 1. The molecular weight excluding hydrogens is 290 g/mol. The van der Waals surface area contributed by atoms with E-state index < -0.39 is 0 Å². The van der Waals surface area contributed by atoms with Crippen molar-refractivity contribution < 1.29 is 0 Å². The summed E-state index contributed by atoms with van der Waals surface area (Å²) in [7, 11) is 0. The van der Waals surface area contributed by atoms with Crippen molar-refractivity contribution >= 4 is 26.7 Å². The monoisotopic (exact) mass is 305 g/mol. The molecule has 94 valence electrons. The van der Waals surface area contributed by atoms with Gasteiger partial charge in [0.15, 0.2) is 0 Å². The molecule has 0 atom stereocenters. The number of aromatic nitrogens is 1. The molecule has 1 aliphatic heterocycles. The zero-order valence-electron chi connectivity index (χ0n) is 10.7. The Morgan fingerprint density at radius 3 is 2.83 bits per heavy atom. The Morgan fingerprint density at radius 1 is 1.28 bits per heavy atom. The van der Waals surface area contributed by atoms with Crippen molar-refractivity contribution in [3.05, 3.63) is 44.8 Å². The van der Waals surface area contributed by atoms with E-state index in [0.717, 1.165) is 34.6 Å². The van der Waals surface area contributed by atoms with E-state index in [9.17, 15) is 4.79 Å². The molecule has 0 saturated heterocycles. The summed E-state index contributed by atoms with van der Waals surface area (Å²) in [6, 6.07) is 8.04. The summed E-state index contributed by atoms with van der Waals surface area (Å²) < 4.78 is 2.97. The molecule has 1 aromatic heterocycles. The van der Waals surface area contributed by atoms with Gasteiger partial charge in [-0.3, -0.25) is 4.79 Å². The van der Waals surface area contributed by atoms with Crippen LogP contribution in [0.1, 0.15) is 26.0 Å². The van der Waals surface area contributed by atoms with Crippen LogP contribution in [0.3, 0.4) is 0 Å². The van der Waals surface area contributed by atoms with E-state index in [-0.39, 0.29) is 5.56 Å². The third kappa shape index (κ3) is 1.91. The van der Waals surface area contributed by atoms with Gasteiger partial charge in [0.05, 0.1) is 0 Å². The van der Waals surface area contributed by atoms with Gasteiger partial charge in [0.2, 0.25) is 0 Å². The van der Waals surface area contributed by atoms with Gasteiger partial charge in [-0.25, -0.2) is 0 Å². The lowest BCUT2D eigenvalue weighted by atomic mass is 9.81. The molecule has 0 spiro atoms. The SMILES string of the molecule is CC1(C)CCn2c(cc3cc(Br)ccc3c2=O)C1. The Hall–Kier alpha value is -1.09. The van der Waals surface area contributed by atoms with E-state index in [1.54, 1.807) is 0 Å². The van der Waals surface area contributed by atoms with Crippen LogP contribution in [0.4, 0.5) is 0 Å². The second-order valence-electron chi connectivity index (χ2n) is 5.92. The van der Waals surface area contributed by atoms with Crippen molar-refractivity contribution in [2.24, 2.45) is 5.41 Å². The number of benzene rings is 1. The molecule has 0 saturated carbocycles. The fourth-order valence-corrected chi connectivity index (χ4v) is 3.14. The van der Waals surface area contributed by atoms with E-state index >= 15 is 0 Å². The van der Waals surface area contributed by atoms with Crippen molar-refractivity contribution in [3.8, 4) is 0 Å². The van der Waals surface area contributed by atoms with Crippen molar-refractivity contribution in [3.63, 3.8) is 0 Å². The number of hydrogen-bond donors (Lipinski definition) is 0. The number of nitrogens with zero attached hydrogens (tertiary/aromatic N) is 1. The van der Waals surface area contributed by atoms with Gasteiger partial charge in [0.1, 0.15) is 0 Å². The summed E-state index contributed by atoms with van der Waals surface area (Å²) >= 11 is 3.47. The third-order valence-corrected chi connectivity index (χ3v) is 4.32. The summed E-state index contributed by atoms with van der Waals surface area (Å²) in [4.78, 5) is 12.4. The highest BCUT2D eigenvalue weighted by molar-refractivity contribution is 9.10. The van der Waals surface area contributed by atoms with Crippen molar-refractivity contribution in [2.45, 2.75) is 33.2 Å². The maximum atomic E-state index is 12.4. The predicted molar refractivity (Wildman–Crippen MR) is 78.0 cm³/mol. The largest absolute Gasteiger partial charge is 0.312 e. The van der Waals surface area contributed by atoms with Gasteiger partial charge in [0, 0.05) is 22.1 Å². The molecule has 3 rings (SSSR count). The predicted octanol–water partition coefficient (Wildman–Crippen LogP) is 3.74. The third-order valence-electron chi connectivity index (χ3n) is 3.83. The molecule has 0 radical (unpaired) electrons. The molecule has 0 unspecified atom stereocenters. The van der Waals surface area contributed by atoms with Gasteiger partial charge >= 0.3 is 0 Å². The van der Waals surface area contributed by atoms with Crippen LogP contribution in [0.2, 0.25) is 0 Å². The van der Waals surface area contributed by atoms with E-state index in [0.29, 0.717) is 5.41 Å². The molecule has 18 heavy (non-hydrogen) atoms. The van der Waals surface area contributed by atoms with Gasteiger partial charge in [-0.1, -0.05) is 29.8 Å². The first-order valence-electron chi connectivity index (χ1n) is 6.28. The lowest BCUT2D eigenvalue weighted by molar-refractivity contribution is 0.267. The minimum absolute atomic E-state index is 0.158. The lowest BCUT2D eigenvalue weighted by Gasteiger charge is -2.32. The highest BCUT2D eigenvalue weighted by Gasteiger charge is 2.26. The van der Waals surface area contributed by atoms with E-state index in [1.165, 1.54) is 5.69 Å². The quantitative estimate of drug-likeness (QED) is 0.727. The Kier molecular flexibility index (Phi) is 2.63. The molecule has 2 heterocycles. The molecule has 1 aromatic carbocycles. The summed E-state index contributed by atoms with van der Waals surface area (Å²) in [6.45, 7) is 5.38.